The van der Waals surface area contributed by atoms with Crippen LogP contribution in [0.3, 0.4) is 0 Å². The van der Waals surface area contributed by atoms with Crippen molar-refractivity contribution in [1.29, 1.82) is 0 Å². The second-order valence-electron chi connectivity index (χ2n) is 4.02. The van der Waals surface area contributed by atoms with Gasteiger partial charge in [0.2, 0.25) is 0 Å². The highest BCUT2D eigenvalue weighted by Gasteiger charge is 2.27. The van der Waals surface area contributed by atoms with E-state index in [1.807, 2.05) is 6.92 Å². The van der Waals surface area contributed by atoms with Crippen LogP contribution in [0, 0.1) is 21.7 Å². The Morgan fingerprint density at radius 1 is 1.35 bits per heavy atom. The van der Waals surface area contributed by atoms with E-state index in [2.05, 4.69) is 0 Å². The lowest BCUT2D eigenvalue weighted by Crippen LogP contribution is -2.34. The van der Waals surface area contributed by atoms with Gasteiger partial charge < -0.3 is 4.90 Å². The topological polar surface area (TPSA) is 63.5 Å². The second-order valence-corrected chi connectivity index (χ2v) is 4.40. The van der Waals surface area contributed by atoms with Gasteiger partial charge in [0.15, 0.2) is 11.6 Å². The third kappa shape index (κ3) is 3.63. The van der Waals surface area contributed by atoms with Crippen LogP contribution in [0.15, 0.2) is 12.1 Å². The number of hydrogen-bond donors (Lipinski definition) is 0. The van der Waals surface area contributed by atoms with Crippen molar-refractivity contribution in [2.75, 3.05) is 19.0 Å². The van der Waals surface area contributed by atoms with Crippen LogP contribution >= 0.6 is 11.6 Å². The first-order valence-electron chi connectivity index (χ1n) is 5.91. The van der Waals surface area contributed by atoms with Gasteiger partial charge in [-0.05, 0) is 12.5 Å². The van der Waals surface area contributed by atoms with Crippen LogP contribution in [0.4, 0.5) is 14.5 Å². The molecule has 0 heterocycles. The van der Waals surface area contributed by atoms with Gasteiger partial charge in [-0.25, -0.2) is 8.78 Å². The van der Waals surface area contributed by atoms with Gasteiger partial charge in [-0.15, -0.1) is 11.6 Å². The number of halogens is 3. The summed E-state index contributed by atoms with van der Waals surface area (Å²) in [6, 6.07) is 0.958. The molecular formula is C12H13ClF2N2O3. The molecule has 0 saturated carbocycles. The van der Waals surface area contributed by atoms with Gasteiger partial charge in [-0.3, -0.25) is 14.9 Å². The van der Waals surface area contributed by atoms with Crippen molar-refractivity contribution in [3.63, 3.8) is 0 Å². The summed E-state index contributed by atoms with van der Waals surface area (Å²) < 4.78 is 26.3. The molecular weight excluding hydrogens is 294 g/mol. The van der Waals surface area contributed by atoms with Crippen LogP contribution in [-0.2, 0) is 0 Å². The van der Waals surface area contributed by atoms with Gasteiger partial charge in [0.1, 0.15) is 5.56 Å². The maximum absolute atomic E-state index is 13.2. The summed E-state index contributed by atoms with van der Waals surface area (Å²) in [6.45, 7) is 2.31. The van der Waals surface area contributed by atoms with Crippen LogP contribution in [0.2, 0.25) is 0 Å². The van der Waals surface area contributed by atoms with E-state index in [4.69, 9.17) is 11.6 Å². The number of carbonyl (C=O) groups is 1. The van der Waals surface area contributed by atoms with Crippen LogP contribution < -0.4 is 0 Å². The summed E-state index contributed by atoms with van der Waals surface area (Å²) in [5.41, 5.74) is -1.24. The molecule has 0 unspecified atom stereocenters. The van der Waals surface area contributed by atoms with E-state index in [0.717, 1.165) is 0 Å². The van der Waals surface area contributed by atoms with E-state index in [9.17, 15) is 23.7 Å². The highest BCUT2D eigenvalue weighted by atomic mass is 35.5. The number of nitro benzene ring substituents is 1. The molecule has 1 rings (SSSR count). The van der Waals surface area contributed by atoms with Gasteiger partial charge in [-0.1, -0.05) is 6.92 Å². The average Bonchev–Trinajstić information content (AvgIpc) is 2.40. The summed E-state index contributed by atoms with van der Waals surface area (Å²) in [5, 5.41) is 10.8. The van der Waals surface area contributed by atoms with E-state index < -0.39 is 33.7 Å². The van der Waals surface area contributed by atoms with Gasteiger partial charge in [0.25, 0.3) is 11.6 Å². The number of nitro groups is 1. The van der Waals surface area contributed by atoms with Gasteiger partial charge in [0, 0.05) is 19.0 Å². The molecule has 1 aromatic rings. The molecule has 0 bridgehead atoms. The Labute approximate surface area is 119 Å². The highest BCUT2D eigenvalue weighted by molar-refractivity contribution is 6.18. The molecule has 20 heavy (non-hydrogen) atoms. The predicted octanol–water partition coefficient (Wildman–Crippen LogP) is 2.96. The molecule has 0 aliphatic heterocycles. The Morgan fingerprint density at radius 3 is 2.45 bits per heavy atom. The van der Waals surface area contributed by atoms with E-state index in [-0.39, 0.29) is 12.4 Å². The molecule has 0 aliphatic carbocycles. The minimum absolute atomic E-state index is 0.142. The predicted molar refractivity (Wildman–Crippen MR) is 69.9 cm³/mol. The summed E-state index contributed by atoms with van der Waals surface area (Å²) in [7, 11) is 0. The maximum Gasteiger partial charge on any atom is 0.285 e. The lowest BCUT2D eigenvalue weighted by molar-refractivity contribution is -0.385. The third-order valence-corrected chi connectivity index (χ3v) is 2.77. The SMILES string of the molecule is CCCN(CCCl)C(=O)c1cc(F)c(F)cc1[N+](=O)[O-]. The van der Waals surface area contributed by atoms with Gasteiger partial charge in [0.05, 0.1) is 11.0 Å². The molecule has 0 fully saturated rings. The van der Waals surface area contributed by atoms with Crippen LogP contribution in [0.5, 0.6) is 0 Å². The Bertz CT molecular complexity index is 520. The van der Waals surface area contributed by atoms with Crippen molar-refractivity contribution in [2.45, 2.75) is 13.3 Å². The number of carbonyl (C=O) groups excluding carboxylic acids is 1. The Morgan fingerprint density at radius 2 is 1.95 bits per heavy atom. The summed E-state index contributed by atoms with van der Waals surface area (Å²) >= 11 is 5.56. The largest absolute Gasteiger partial charge is 0.337 e. The van der Waals surface area contributed by atoms with Crippen molar-refractivity contribution in [1.82, 2.24) is 4.90 Å². The van der Waals surface area contributed by atoms with Crippen LogP contribution in [-0.4, -0.2) is 34.7 Å². The fourth-order valence-corrected chi connectivity index (χ4v) is 1.92. The first-order chi connectivity index (χ1) is 9.42. The minimum atomic E-state index is -1.37. The number of alkyl halides is 1. The first-order valence-corrected chi connectivity index (χ1v) is 6.44. The second kappa shape index (κ2) is 7.14. The normalized spacial score (nSPS) is 10.4. The Kier molecular flexibility index (Phi) is 5.82. The minimum Gasteiger partial charge on any atom is -0.337 e. The standard InChI is InChI=1S/C12H13ClF2N2O3/c1-2-4-16(5-3-13)12(18)8-6-9(14)10(15)7-11(8)17(19)20/h6-7H,2-5H2,1H3. The fraction of sp³-hybridized carbons (Fsp3) is 0.417. The smallest absolute Gasteiger partial charge is 0.285 e. The highest BCUT2D eigenvalue weighted by Crippen LogP contribution is 2.23. The van der Waals surface area contributed by atoms with Gasteiger partial charge in [-0.2, -0.15) is 0 Å². The molecule has 0 radical (unpaired) electrons. The monoisotopic (exact) mass is 306 g/mol. The molecule has 0 spiro atoms. The number of amides is 1. The van der Waals surface area contributed by atoms with Crippen LogP contribution in [0.25, 0.3) is 0 Å². The molecule has 1 amide bonds. The molecule has 0 N–H and O–H groups in total. The number of benzene rings is 1. The van der Waals surface area contributed by atoms with E-state index in [1.54, 1.807) is 0 Å². The number of nitrogens with zero attached hydrogens (tertiary/aromatic N) is 2. The first kappa shape index (κ1) is 16.3. The molecule has 5 nitrogen and oxygen atoms in total. The fourth-order valence-electron chi connectivity index (χ4n) is 1.72. The molecule has 110 valence electrons. The summed E-state index contributed by atoms with van der Waals surface area (Å²) in [6.07, 6.45) is 0.611. The third-order valence-electron chi connectivity index (χ3n) is 2.60. The van der Waals surface area contributed by atoms with E-state index >= 15 is 0 Å². The van der Waals surface area contributed by atoms with Crippen molar-refractivity contribution in [2.24, 2.45) is 0 Å². The maximum atomic E-state index is 13.2. The summed E-state index contributed by atoms with van der Waals surface area (Å²) in [5.74, 6) is -3.27. The lowest BCUT2D eigenvalue weighted by atomic mass is 10.1. The molecule has 1 aromatic carbocycles. The number of rotatable bonds is 6. The molecule has 0 aromatic heterocycles. The number of hydrogen-bond acceptors (Lipinski definition) is 3. The van der Waals surface area contributed by atoms with Crippen molar-refractivity contribution >= 4 is 23.2 Å². The van der Waals surface area contributed by atoms with Crippen molar-refractivity contribution in [3.05, 3.63) is 39.4 Å². The molecule has 0 aliphatic rings. The Balaban J connectivity index is 3.25. The van der Waals surface area contributed by atoms with E-state index in [0.29, 0.717) is 25.1 Å². The molecule has 0 atom stereocenters. The zero-order valence-electron chi connectivity index (χ0n) is 10.7. The Hall–Kier alpha value is -1.76. The van der Waals surface area contributed by atoms with Crippen molar-refractivity contribution < 1.29 is 18.5 Å². The zero-order chi connectivity index (χ0) is 15.3. The van der Waals surface area contributed by atoms with Crippen LogP contribution in [0.1, 0.15) is 23.7 Å². The zero-order valence-corrected chi connectivity index (χ0v) is 11.5. The lowest BCUT2D eigenvalue weighted by Gasteiger charge is -2.20. The average molecular weight is 307 g/mol. The molecule has 0 saturated heterocycles. The molecule has 8 heteroatoms. The quantitative estimate of drug-likeness (QED) is 0.461. The summed E-state index contributed by atoms with van der Waals surface area (Å²) in [4.78, 5) is 23.4. The van der Waals surface area contributed by atoms with Gasteiger partial charge >= 0.3 is 0 Å². The van der Waals surface area contributed by atoms with E-state index in [1.165, 1.54) is 4.90 Å². The van der Waals surface area contributed by atoms with Crippen molar-refractivity contribution in [3.8, 4) is 0 Å².